The Morgan fingerprint density at radius 1 is 1.07 bits per heavy atom. The maximum absolute atomic E-state index is 10.7. The lowest BCUT2D eigenvalue weighted by molar-refractivity contribution is -0.598. The van der Waals surface area contributed by atoms with Crippen molar-refractivity contribution < 1.29 is 47.3 Å². The van der Waals surface area contributed by atoms with E-state index in [0.717, 1.165) is 12.8 Å². The largest absolute Gasteiger partial charge is 0.741 e. The van der Waals surface area contributed by atoms with Crippen molar-refractivity contribution in [3.05, 3.63) is 91.6 Å². The van der Waals surface area contributed by atoms with E-state index in [1.807, 2.05) is 12.2 Å². The molecule has 0 aliphatic rings. The molecule has 28 heavy (non-hydrogen) atoms. The Bertz CT molecular complexity index is 923. The third kappa shape index (κ3) is 7.76. The molecule has 8 heteroatoms. The molecule has 0 amide bonds. The van der Waals surface area contributed by atoms with Crippen LogP contribution >= 0.6 is 0 Å². The van der Waals surface area contributed by atoms with Crippen molar-refractivity contribution >= 4 is 10.1 Å². The molecule has 0 bridgehead atoms. The molecule has 0 spiro atoms. The molecule has 0 aliphatic heterocycles. The van der Waals surface area contributed by atoms with Crippen molar-refractivity contribution in [2.75, 3.05) is 0 Å². The Kier molecular flexibility index (Phi) is 9.38. The summed E-state index contributed by atoms with van der Waals surface area (Å²) in [6.07, 6.45) is 5.88. The van der Waals surface area contributed by atoms with Gasteiger partial charge in [-0.15, -0.1) is 13.2 Å². The summed E-state index contributed by atoms with van der Waals surface area (Å²) in [4.78, 5) is 0. The van der Waals surface area contributed by atoms with Gasteiger partial charge in [-0.1, -0.05) is 36.4 Å². The average Bonchev–Trinajstić information content (AvgIpc) is 2.57. The highest BCUT2D eigenvalue weighted by molar-refractivity contribution is 7.86. The molecule has 0 fully saturated rings. The molecule has 0 aromatic heterocycles. The van der Waals surface area contributed by atoms with Crippen LogP contribution in [0.2, 0.25) is 0 Å². The summed E-state index contributed by atoms with van der Waals surface area (Å²) in [7, 11) is -6.09. The molecule has 0 unspecified atom stereocenters. The Morgan fingerprint density at radius 3 is 2.14 bits per heavy atom. The zero-order valence-corrected chi connectivity index (χ0v) is 18.1. The average molecular weight is 524 g/mol. The molecule has 2 rings (SSSR count). The van der Waals surface area contributed by atoms with Crippen LogP contribution in [0.15, 0.2) is 67.8 Å². The van der Waals surface area contributed by atoms with Crippen molar-refractivity contribution in [1.82, 2.24) is 0 Å². The molecule has 152 valence electrons. The SMILES string of the molecule is C=CCc1cccc([I+]c2cccc(C)c2)c1CC=C.O=S(=O)([O-])C(F)(F)F. The van der Waals surface area contributed by atoms with Gasteiger partial charge in [-0.3, -0.25) is 0 Å². The molecule has 2 aromatic rings. The quantitative estimate of drug-likeness (QED) is 0.250. The van der Waals surface area contributed by atoms with Gasteiger partial charge in [-0.25, -0.2) is 8.42 Å². The first-order valence-electron chi connectivity index (χ1n) is 8.05. The number of hydrogen-bond acceptors (Lipinski definition) is 3. The third-order valence-corrected chi connectivity index (χ3v) is 6.86. The summed E-state index contributed by atoms with van der Waals surface area (Å²) in [5.41, 5.74) is -1.45. The number of halogens is 4. The monoisotopic (exact) mass is 524 g/mol. The minimum atomic E-state index is -6.09. The lowest BCUT2D eigenvalue weighted by Gasteiger charge is -2.08. The van der Waals surface area contributed by atoms with Gasteiger partial charge >= 0.3 is 26.7 Å². The molecule has 0 heterocycles. The first kappa shape index (κ1) is 24.4. The van der Waals surface area contributed by atoms with Gasteiger partial charge in [0.1, 0.15) is 0 Å². The van der Waals surface area contributed by atoms with Crippen LogP contribution in [-0.4, -0.2) is 18.5 Å². The summed E-state index contributed by atoms with van der Waals surface area (Å²) in [6.45, 7) is 9.93. The molecule has 0 N–H and O–H groups in total. The molecular weight excluding hydrogens is 504 g/mol. The lowest BCUT2D eigenvalue weighted by atomic mass is 10.0. The first-order valence-corrected chi connectivity index (χ1v) is 11.6. The predicted octanol–water partition coefficient (Wildman–Crippen LogP) is 1.63. The van der Waals surface area contributed by atoms with Gasteiger partial charge in [-0.2, -0.15) is 13.2 Å². The van der Waals surface area contributed by atoms with Crippen molar-refractivity contribution in [3.63, 3.8) is 0 Å². The highest BCUT2D eigenvalue weighted by Crippen LogP contribution is 2.20. The Hall–Kier alpha value is -1.65. The normalized spacial score (nSPS) is 11.3. The molecule has 0 atom stereocenters. The zero-order chi connectivity index (χ0) is 21.4. The van der Waals surface area contributed by atoms with E-state index in [0.29, 0.717) is 0 Å². The molecular formula is C20H20F3IO3S. The van der Waals surface area contributed by atoms with Gasteiger partial charge in [0.25, 0.3) is 0 Å². The number of alkyl halides is 3. The van der Waals surface area contributed by atoms with E-state index in [2.05, 4.69) is 62.5 Å². The summed E-state index contributed by atoms with van der Waals surface area (Å²) < 4.78 is 61.9. The standard InChI is InChI=1S/C19H20I.CHF3O3S/c1-4-8-16-11-7-13-19(18(16)9-5-2)20-17-12-6-10-15(3)14-17;2-1(3,4)8(5,6)7/h4-7,10-14H,1-2,8-9H2,3H3;(H,5,6,7)/q+1;/p-1. The second kappa shape index (κ2) is 10.8. The second-order valence-electron chi connectivity index (χ2n) is 5.66. The number of rotatable bonds is 6. The molecule has 0 saturated heterocycles. The Balaban J connectivity index is 0.000000416. The molecule has 0 radical (unpaired) electrons. The van der Waals surface area contributed by atoms with Gasteiger partial charge in [0, 0.05) is 5.56 Å². The van der Waals surface area contributed by atoms with Crippen molar-refractivity contribution in [3.8, 4) is 0 Å². The summed E-state index contributed by atoms with van der Waals surface area (Å²) >= 11 is -0.132. The molecule has 0 aliphatic carbocycles. The minimum absolute atomic E-state index is 0.132. The number of benzene rings is 2. The van der Waals surface area contributed by atoms with Gasteiger partial charge < -0.3 is 4.55 Å². The topological polar surface area (TPSA) is 57.2 Å². The van der Waals surface area contributed by atoms with E-state index in [1.165, 1.54) is 23.8 Å². The van der Waals surface area contributed by atoms with E-state index in [1.54, 1.807) is 0 Å². The van der Waals surface area contributed by atoms with E-state index >= 15 is 0 Å². The highest BCUT2D eigenvalue weighted by atomic mass is 127. The number of aryl methyl sites for hydroxylation is 1. The number of allylic oxidation sites excluding steroid dienone is 2. The summed E-state index contributed by atoms with van der Waals surface area (Å²) in [5, 5.41) is 0. The van der Waals surface area contributed by atoms with Crippen LogP contribution in [0.4, 0.5) is 13.2 Å². The third-order valence-electron chi connectivity index (χ3n) is 3.40. The fourth-order valence-corrected chi connectivity index (χ4v) is 5.18. The maximum atomic E-state index is 10.7. The van der Waals surface area contributed by atoms with Crippen molar-refractivity contribution in [1.29, 1.82) is 0 Å². The van der Waals surface area contributed by atoms with Crippen molar-refractivity contribution in [2.45, 2.75) is 25.3 Å². The Morgan fingerprint density at radius 2 is 1.64 bits per heavy atom. The van der Waals surface area contributed by atoms with E-state index in [-0.39, 0.29) is 21.2 Å². The van der Waals surface area contributed by atoms with Gasteiger partial charge in [-0.05, 0) is 49.1 Å². The van der Waals surface area contributed by atoms with Crippen LogP contribution in [0, 0.1) is 14.1 Å². The van der Waals surface area contributed by atoms with Gasteiger partial charge in [0.15, 0.2) is 17.3 Å². The van der Waals surface area contributed by atoms with Gasteiger partial charge in [0.2, 0.25) is 0 Å². The molecule has 2 aromatic carbocycles. The summed E-state index contributed by atoms with van der Waals surface area (Å²) in [5.74, 6) is 0. The first-order chi connectivity index (χ1) is 13.0. The van der Waals surface area contributed by atoms with Gasteiger partial charge in [0.05, 0.1) is 0 Å². The second-order valence-corrected chi connectivity index (χ2v) is 9.97. The molecule has 0 saturated carbocycles. The fraction of sp³-hybridized carbons (Fsp3) is 0.200. The van der Waals surface area contributed by atoms with Crippen molar-refractivity contribution in [2.24, 2.45) is 0 Å². The smallest absolute Gasteiger partial charge is 0.485 e. The van der Waals surface area contributed by atoms with Crippen LogP contribution in [-0.2, 0) is 23.0 Å². The fourth-order valence-electron chi connectivity index (χ4n) is 2.19. The zero-order valence-electron chi connectivity index (χ0n) is 15.2. The Labute approximate surface area is 174 Å². The highest BCUT2D eigenvalue weighted by Gasteiger charge is 2.36. The predicted molar refractivity (Wildman–Crippen MR) is 98.6 cm³/mol. The van der Waals surface area contributed by atoms with Crippen LogP contribution in [0.3, 0.4) is 0 Å². The van der Waals surface area contributed by atoms with Crippen LogP contribution in [0.5, 0.6) is 0 Å². The van der Waals surface area contributed by atoms with Crippen LogP contribution in [0.1, 0.15) is 16.7 Å². The maximum Gasteiger partial charge on any atom is 0.485 e. The number of hydrogen-bond donors (Lipinski definition) is 0. The lowest BCUT2D eigenvalue weighted by Crippen LogP contribution is -3.61. The molecule has 3 nitrogen and oxygen atoms in total. The van der Waals surface area contributed by atoms with Crippen LogP contribution in [0.25, 0.3) is 0 Å². The minimum Gasteiger partial charge on any atom is -0.741 e. The van der Waals surface area contributed by atoms with E-state index < -0.39 is 15.6 Å². The summed E-state index contributed by atoms with van der Waals surface area (Å²) in [6, 6.07) is 15.5. The van der Waals surface area contributed by atoms with E-state index in [4.69, 9.17) is 13.0 Å². The van der Waals surface area contributed by atoms with Crippen LogP contribution < -0.4 is 21.2 Å². The van der Waals surface area contributed by atoms with E-state index in [9.17, 15) is 13.2 Å².